The number of carboxylic acid groups (broad SMARTS) is 1. The van der Waals surface area contributed by atoms with Gasteiger partial charge in [0.15, 0.2) is 0 Å². The number of nitrogens with zero attached hydrogens (tertiary/aromatic N) is 1. The normalized spacial score (nSPS) is 19.6. The summed E-state index contributed by atoms with van der Waals surface area (Å²) in [6.45, 7) is 1.54. The molecule has 2 heterocycles. The minimum Gasteiger partial charge on any atom is -0.478 e. The highest BCUT2D eigenvalue weighted by atomic mass is 32.2. The van der Waals surface area contributed by atoms with Gasteiger partial charge in [-0.05, 0) is 50.2 Å². The van der Waals surface area contributed by atoms with Gasteiger partial charge in [-0.15, -0.1) is 11.8 Å². The predicted octanol–water partition coefficient (Wildman–Crippen LogP) is 2.93. The van der Waals surface area contributed by atoms with Gasteiger partial charge in [-0.1, -0.05) is 0 Å². The lowest BCUT2D eigenvalue weighted by atomic mass is 9.95. The van der Waals surface area contributed by atoms with Crippen molar-refractivity contribution in [1.29, 1.82) is 0 Å². The zero-order valence-electron chi connectivity index (χ0n) is 11.4. The summed E-state index contributed by atoms with van der Waals surface area (Å²) in [6, 6.07) is 1.85. The number of carbonyl (C=O) groups is 1. The van der Waals surface area contributed by atoms with Crippen molar-refractivity contribution in [2.45, 2.75) is 48.8 Å². The van der Waals surface area contributed by atoms with Crippen molar-refractivity contribution in [2.75, 3.05) is 13.2 Å². The average Bonchev–Trinajstić information content (AvgIpc) is 2.47. The summed E-state index contributed by atoms with van der Waals surface area (Å²) < 4.78 is 5.36. The van der Waals surface area contributed by atoms with E-state index in [0.29, 0.717) is 15.8 Å². The second-order valence-corrected chi connectivity index (χ2v) is 6.68. The second kappa shape index (κ2) is 6.14. The van der Waals surface area contributed by atoms with Crippen LogP contribution in [0.5, 0.6) is 0 Å². The molecule has 0 unspecified atom stereocenters. The van der Waals surface area contributed by atoms with Crippen LogP contribution in [-0.4, -0.2) is 34.5 Å². The molecule has 0 saturated carbocycles. The van der Waals surface area contributed by atoms with Gasteiger partial charge in [0.2, 0.25) is 0 Å². The molecule has 4 nitrogen and oxygen atoms in total. The molecule has 1 N–H and O–H groups in total. The van der Waals surface area contributed by atoms with Gasteiger partial charge in [0, 0.05) is 24.2 Å². The number of aryl methyl sites for hydroxylation is 2. The lowest BCUT2D eigenvalue weighted by Crippen LogP contribution is -2.19. The van der Waals surface area contributed by atoms with Gasteiger partial charge in [-0.3, -0.25) is 0 Å². The molecule has 0 radical (unpaired) electrons. The van der Waals surface area contributed by atoms with Gasteiger partial charge in [0.25, 0.3) is 0 Å². The first kappa shape index (κ1) is 13.9. The first-order valence-corrected chi connectivity index (χ1v) is 8.12. The summed E-state index contributed by atoms with van der Waals surface area (Å²) in [5.41, 5.74) is 2.61. The highest BCUT2D eigenvalue weighted by Gasteiger charge is 2.23. The van der Waals surface area contributed by atoms with E-state index in [1.54, 1.807) is 11.8 Å². The Morgan fingerprint density at radius 3 is 2.80 bits per heavy atom. The lowest BCUT2D eigenvalue weighted by Gasteiger charge is -2.23. The maximum Gasteiger partial charge on any atom is 0.338 e. The lowest BCUT2D eigenvalue weighted by molar-refractivity contribution is 0.0692. The molecular formula is C15H19NO3S. The van der Waals surface area contributed by atoms with Gasteiger partial charge >= 0.3 is 5.97 Å². The molecule has 1 aliphatic carbocycles. The Balaban J connectivity index is 1.88. The fourth-order valence-corrected chi connectivity index (χ4v) is 3.99. The Bertz CT molecular complexity index is 512. The molecule has 1 aromatic rings. The molecular weight excluding hydrogens is 274 g/mol. The van der Waals surface area contributed by atoms with E-state index in [0.717, 1.165) is 63.0 Å². The summed E-state index contributed by atoms with van der Waals surface area (Å²) in [5.74, 6) is -0.861. The third kappa shape index (κ3) is 2.99. The fraction of sp³-hybridized carbons (Fsp3) is 0.600. The zero-order chi connectivity index (χ0) is 13.9. The van der Waals surface area contributed by atoms with Gasteiger partial charge in [-0.25, -0.2) is 9.78 Å². The monoisotopic (exact) mass is 293 g/mol. The number of fused-ring (bicyclic) bond motifs is 1. The Kier molecular flexibility index (Phi) is 4.27. The van der Waals surface area contributed by atoms with Crippen molar-refractivity contribution in [3.63, 3.8) is 0 Å². The molecule has 1 fully saturated rings. The van der Waals surface area contributed by atoms with Gasteiger partial charge in [-0.2, -0.15) is 0 Å². The predicted molar refractivity (Wildman–Crippen MR) is 77.5 cm³/mol. The molecule has 108 valence electrons. The number of carboxylic acids is 1. The number of pyridine rings is 1. The first-order valence-electron chi connectivity index (χ1n) is 7.24. The highest BCUT2D eigenvalue weighted by molar-refractivity contribution is 7.99. The molecule has 5 heteroatoms. The molecule has 2 aliphatic rings. The number of thioether (sulfide) groups is 1. The summed E-state index contributed by atoms with van der Waals surface area (Å²) >= 11 is 1.62. The smallest absolute Gasteiger partial charge is 0.338 e. The number of hydrogen-bond donors (Lipinski definition) is 1. The van der Waals surface area contributed by atoms with Crippen LogP contribution in [0.25, 0.3) is 0 Å². The van der Waals surface area contributed by atoms with Crippen LogP contribution in [0.3, 0.4) is 0 Å². The van der Waals surface area contributed by atoms with Crippen LogP contribution in [0, 0.1) is 0 Å². The standard InChI is InChI=1S/C15H19NO3S/c17-15(18)12-9-10-3-1-2-4-13(10)16-14(12)20-11-5-7-19-8-6-11/h9,11H,1-8H2,(H,17,18). The molecule has 3 rings (SSSR count). The molecule has 0 amide bonds. The number of rotatable bonds is 3. The molecule has 1 saturated heterocycles. The van der Waals surface area contributed by atoms with E-state index in [9.17, 15) is 9.90 Å². The average molecular weight is 293 g/mol. The van der Waals surface area contributed by atoms with Crippen LogP contribution in [0.1, 0.15) is 47.3 Å². The van der Waals surface area contributed by atoms with Crippen molar-refractivity contribution in [2.24, 2.45) is 0 Å². The van der Waals surface area contributed by atoms with Crippen LogP contribution >= 0.6 is 11.8 Å². The van der Waals surface area contributed by atoms with Crippen LogP contribution in [0.15, 0.2) is 11.1 Å². The Hall–Kier alpha value is -1.07. The molecule has 0 spiro atoms. The van der Waals surface area contributed by atoms with E-state index in [1.807, 2.05) is 6.07 Å². The maximum absolute atomic E-state index is 11.5. The topological polar surface area (TPSA) is 59.4 Å². The Morgan fingerprint density at radius 1 is 1.30 bits per heavy atom. The van der Waals surface area contributed by atoms with Crippen LogP contribution in [0.4, 0.5) is 0 Å². The Morgan fingerprint density at radius 2 is 2.05 bits per heavy atom. The first-order chi connectivity index (χ1) is 9.74. The van der Waals surface area contributed by atoms with Crippen molar-refractivity contribution in [1.82, 2.24) is 4.98 Å². The molecule has 20 heavy (non-hydrogen) atoms. The second-order valence-electron chi connectivity index (χ2n) is 5.39. The largest absolute Gasteiger partial charge is 0.478 e. The van der Waals surface area contributed by atoms with E-state index < -0.39 is 5.97 Å². The molecule has 1 aromatic heterocycles. The minimum absolute atomic E-state index is 0.377. The third-order valence-electron chi connectivity index (χ3n) is 3.94. The van der Waals surface area contributed by atoms with Crippen molar-refractivity contribution < 1.29 is 14.6 Å². The molecule has 0 aromatic carbocycles. The van der Waals surface area contributed by atoms with Gasteiger partial charge < -0.3 is 9.84 Å². The molecule has 0 bridgehead atoms. The Labute approximate surface area is 122 Å². The maximum atomic E-state index is 11.5. The van der Waals surface area contributed by atoms with E-state index >= 15 is 0 Å². The van der Waals surface area contributed by atoms with E-state index in [2.05, 4.69) is 4.98 Å². The summed E-state index contributed by atoms with van der Waals surface area (Å²) in [5, 5.41) is 10.5. The summed E-state index contributed by atoms with van der Waals surface area (Å²) in [7, 11) is 0. The number of aromatic nitrogens is 1. The van der Waals surface area contributed by atoms with Gasteiger partial charge in [0.1, 0.15) is 5.03 Å². The van der Waals surface area contributed by atoms with Crippen molar-refractivity contribution in [3.05, 3.63) is 22.9 Å². The number of hydrogen-bond acceptors (Lipinski definition) is 4. The molecule has 1 aliphatic heterocycles. The SMILES string of the molecule is O=C(O)c1cc2c(nc1SC1CCOCC1)CCCC2. The van der Waals surface area contributed by atoms with Crippen molar-refractivity contribution in [3.8, 4) is 0 Å². The summed E-state index contributed by atoms with van der Waals surface area (Å²) in [4.78, 5) is 16.1. The zero-order valence-corrected chi connectivity index (χ0v) is 12.2. The summed E-state index contributed by atoms with van der Waals surface area (Å²) in [6.07, 6.45) is 6.19. The van der Waals surface area contributed by atoms with Crippen molar-refractivity contribution >= 4 is 17.7 Å². The van der Waals surface area contributed by atoms with Crippen LogP contribution in [-0.2, 0) is 17.6 Å². The van der Waals surface area contributed by atoms with Gasteiger partial charge in [0.05, 0.1) is 5.56 Å². The number of aromatic carboxylic acids is 1. The van der Waals surface area contributed by atoms with Crippen LogP contribution in [0.2, 0.25) is 0 Å². The highest BCUT2D eigenvalue weighted by Crippen LogP contribution is 2.33. The number of ether oxygens (including phenoxy) is 1. The molecule has 0 atom stereocenters. The van der Waals surface area contributed by atoms with E-state index in [-0.39, 0.29) is 0 Å². The van der Waals surface area contributed by atoms with Crippen LogP contribution < -0.4 is 0 Å². The quantitative estimate of drug-likeness (QED) is 0.928. The van der Waals surface area contributed by atoms with E-state index in [1.165, 1.54) is 0 Å². The fourth-order valence-electron chi connectivity index (χ4n) is 2.81. The minimum atomic E-state index is -0.861. The van der Waals surface area contributed by atoms with E-state index in [4.69, 9.17) is 4.74 Å². The third-order valence-corrected chi connectivity index (χ3v) is 5.28.